The number of nitrogens with zero attached hydrogens (tertiary/aromatic N) is 11. The van der Waals surface area contributed by atoms with Gasteiger partial charge in [0, 0.05) is 136 Å². The van der Waals surface area contributed by atoms with Crippen molar-refractivity contribution in [2.75, 3.05) is 111 Å². The number of carbonyl (C=O) groups excluding carboxylic acids is 1. The largest absolute Gasteiger partial charge is 0.687 e. The fraction of sp³-hybridized carbons (Fsp3) is 0.327. The SMILES string of the molecule is COc1cc(N2CCN(C(=O)OC(C)(C)C)CC2)ccc1N.COc1cc(N2CCNCC2)ccc1Nc1ncc(Cl)c(Nc2ccc3nccnc3c2CS(C)(=O)=O)n1.CS(=O)(=O)Cc1c(Nc2nc(Cl)ncc2Cl)ccc2nccnc12.[B]B([B])B(B([B])[B])B(B([B])[B])B([B])B([B])[B-]. The molecule has 10 rings (SSSR count). The van der Waals surface area contributed by atoms with Crippen LogP contribution < -0.4 is 46.3 Å². The van der Waals surface area contributed by atoms with Gasteiger partial charge in [-0.25, -0.2) is 38.0 Å². The Kier molecular flexibility index (Phi) is 29.2. The van der Waals surface area contributed by atoms with Gasteiger partial charge >= 0.3 is 6.09 Å². The molecular formula is C55H63B16Cl3N16O8S2-. The van der Waals surface area contributed by atoms with E-state index in [2.05, 4.69) is 70.9 Å². The monoisotopic (exact) mass is 1420 g/mol. The summed E-state index contributed by atoms with van der Waals surface area (Å²) >= 11 is 18.3. The summed E-state index contributed by atoms with van der Waals surface area (Å²) in [6.45, 7) is 12.1. The lowest BCUT2D eigenvalue weighted by molar-refractivity contribution is 0.0240. The fourth-order valence-electron chi connectivity index (χ4n) is 10.6. The molecule has 2 fully saturated rings. The van der Waals surface area contributed by atoms with Gasteiger partial charge in [0.2, 0.25) is 11.2 Å². The van der Waals surface area contributed by atoms with Crippen molar-refractivity contribution in [3.05, 3.63) is 124 Å². The number of fused-ring (bicyclic) bond motifs is 2. The van der Waals surface area contributed by atoms with Crippen LogP contribution in [0.2, 0.25) is 15.3 Å². The number of rotatable bonds is 20. The number of piperazine rings is 2. The van der Waals surface area contributed by atoms with Gasteiger partial charge in [-0.1, -0.05) is 23.2 Å². The van der Waals surface area contributed by atoms with Gasteiger partial charge in [0.05, 0.1) is 71.6 Å². The number of methoxy groups -OCH3 is 2. The molecule has 45 heteroatoms. The summed E-state index contributed by atoms with van der Waals surface area (Å²) < 4.78 is 64.3. The number of nitrogens with one attached hydrogen (secondary N) is 4. The molecule has 0 aliphatic carbocycles. The predicted octanol–water partition coefficient (Wildman–Crippen LogP) is 2.78. The second-order valence-electron chi connectivity index (χ2n) is 24.3. The number of nitrogen functional groups attached to an aromatic ring is 1. The highest BCUT2D eigenvalue weighted by molar-refractivity contribution is 8.13. The molecule has 0 spiro atoms. The Bertz CT molecular complexity index is 4340. The van der Waals surface area contributed by atoms with E-state index in [1.54, 1.807) is 55.8 Å². The number of hydrogen-bond acceptors (Lipinski definition) is 23. The summed E-state index contributed by atoms with van der Waals surface area (Å²) in [6.07, 6.45) is 6.02. The van der Waals surface area contributed by atoms with Crippen molar-refractivity contribution < 1.29 is 35.8 Å². The molecule has 0 bridgehead atoms. The number of amides is 1. The first-order valence-corrected chi connectivity index (χ1v) is 36.3. The fourth-order valence-corrected chi connectivity index (χ4v) is 12.7. The van der Waals surface area contributed by atoms with Gasteiger partial charge < -0.3 is 63.6 Å². The Morgan fingerprint density at radius 1 is 0.610 bits per heavy atom. The molecule has 4 aromatic heterocycles. The first-order chi connectivity index (χ1) is 47.1. The average molecular weight is 1420 g/mol. The highest BCUT2D eigenvalue weighted by atomic mass is 35.5. The Balaban J connectivity index is 0.000000198. The quantitative estimate of drug-likeness (QED) is 0.0416. The number of benzene rings is 4. The summed E-state index contributed by atoms with van der Waals surface area (Å²) in [5, 5.41) is 13.2. The van der Waals surface area contributed by atoms with Crippen molar-refractivity contribution in [1.29, 1.82) is 0 Å². The first-order valence-electron chi connectivity index (χ1n) is 31.1. The zero-order valence-electron chi connectivity index (χ0n) is 56.3. The average Bonchev–Trinajstić information content (AvgIpc) is 0.797. The zero-order chi connectivity index (χ0) is 73.4. The number of aromatic nitrogens is 8. The molecule has 2 aliphatic rings. The van der Waals surface area contributed by atoms with Crippen molar-refractivity contribution in [2.45, 2.75) is 37.9 Å². The van der Waals surface area contributed by atoms with Gasteiger partial charge in [0.15, 0.2) is 31.3 Å². The summed E-state index contributed by atoms with van der Waals surface area (Å²) in [4.78, 5) is 52.0. The van der Waals surface area contributed by atoms with Crippen LogP contribution in [0.25, 0.3) is 22.1 Å². The molecule has 493 valence electrons. The van der Waals surface area contributed by atoms with Crippen molar-refractivity contribution in [3.8, 4) is 11.5 Å². The lowest BCUT2D eigenvalue weighted by Crippen LogP contribution is -2.75. The maximum atomic E-state index is 12.2. The first kappa shape index (κ1) is 80.5. The van der Waals surface area contributed by atoms with Gasteiger partial charge in [-0.05, 0) is 181 Å². The Hall–Kier alpha value is -6.84. The number of sulfone groups is 2. The van der Waals surface area contributed by atoms with Crippen LogP contribution in [0.1, 0.15) is 31.9 Å². The lowest BCUT2D eigenvalue weighted by Gasteiger charge is -2.41. The van der Waals surface area contributed by atoms with Crippen LogP contribution in [0.3, 0.4) is 0 Å². The molecule has 1 amide bonds. The molecule has 0 saturated carbocycles. The minimum atomic E-state index is -3.37. The van der Waals surface area contributed by atoms with Crippen LogP contribution in [0, 0.1) is 0 Å². The standard InChI is InChI=1S/C25H27ClN8O3S.C16H25N3O3.C14H11Cl2N5O2S.B16/c1-37-22-13-16(34-11-9-27-10-12-34)3-4-20(22)32-25-30-14-18(26)24(33-25)31-19-5-6-21-23(29-8-7-28-21)17(19)15-38(2,35)36;1-16(2,3)22-15(20)19-9-7-18(8-10-19)12-5-6-13(17)14(11-12)21-4;1-24(22,23)7-8-10(2-3-11-12(8)18-5-4-17-11)20-13-9(15)6-19-14(16)21-13;1-10(2)14(9)16(13(7)8)15(11(3)4)12(5)6/h3-8,13-14,27H,9-12,15H2,1-2H3,(H2,30,31,32,33);5-6,11H,7-10,17H2,1-4H3;2-6H,7H2,1H3,(H,19,20,21);/q;;;-1. The van der Waals surface area contributed by atoms with E-state index in [1.807, 2.05) is 57.2 Å². The summed E-state index contributed by atoms with van der Waals surface area (Å²) in [5.41, 5.74) is 12.9. The van der Waals surface area contributed by atoms with Crippen LogP contribution in [0.4, 0.5) is 56.5 Å². The van der Waals surface area contributed by atoms with Crippen molar-refractivity contribution in [2.24, 2.45) is 0 Å². The smallest absolute Gasteiger partial charge is 0.410 e. The molecule has 4 aromatic carbocycles. The van der Waals surface area contributed by atoms with Crippen LogP contribution in [0.15, 0.2) is 97.8 Å². The molecule has 19 radical (unpaired) electrons. The van der Waals surface area contributed by atoms with E-state index in [0.717, 1.165) is 56.9 Å². The second kappa shape index (κ2) is 36.3. The van der Waals surface area contributed by atoms with Gasteiger partial charge in [0.25, 0.3) is 0 Å². The summed E-state index contributed by atoms with van der Waals surface area (Å²) in [6, 6.07) is 18.6. The van der Waals surface area contributed by atoms with E-state index >= 15 is 0 Å². The predicted molar refractivity (Wildman–Crippen MR) is 423 cm³/mol. The van der Waals surface area contributed by atoms with Gasteiger partial charge in [-0.15, -0.1) is 0 Å². The van der Waals surface area contributed by atoms with E-state index in [1.165, 1.54) is 31.0 Å². The summed E-state index contributed by atoms with van der Waals surface area (Å²) in [5.74, 6) is 1.76. The number of hydrogen-bond donors (Lipinski definition) is 5. The zero-order valence-corrected chi connectivity index (χ0v) is 60.2. The number of anilines is 9. The molecule has 6 N–H and O–H groups in total. The van der Waals surface area contributed by atoms with E-state index in [-0.39, 0.29) is 44.7 Å². The van der Waals surface area contributed by atoms with Gasteiger partial charge in [-0.2, -0.15) is 9.97 Å². The van der Waals surface area contributed by atoms with E-state index in [0.29, 0.717) is 86.3 Å². The van der Waals surface area contributed by atoms with Crippen LogP contribution >= 0.6 is 34.8 Å². The Morgan fingerprint density at radius 2 is 1.07 bits per heavy atom. The third-order valence-electron chi connectivity index (χ3n) is 15.4. The molecule has 2 aliphatic heterocycles. The van der Waals surface area contributed by atoms with Crippen LogP contribution in [-0.4, -0.2) is 267 Å². The maximum Gasteiger partial charge on any atom is 0.410 e. The maximum absolute atomic E-state index is 12.2. The molecule has 0 atom stereocenters. The van der Waals surface area contributed by atoms with Gasteiger partial charge in [-0.3, -0.25) is 19.9 Å². The third-order valence-corrected chi connectivity index (χ3v) is 17.7. The van der Waals surface area contributed by atoms with Crippen molar-refractivity contribution in [1.82, 2.24) is 50.1 Å². The minimum absolute atomic E-state index is 0.0205. The molecule has 100 heavy (non-hydrogen) atoms. The topological polar surface area (TPSA) is 300 Å². The second-order valence-corrected chi connectivity index (χ2v) is 29.7. The lowest BCUT2D eigenvalue weighted by atomic mass is 8.44. The highest BCUT2D eigenvalue weighted by Crippen LogP contribution is 2.36. The number of carbonyl (C=O) groups is 1. The number of halogens is 3. The minimum Gasteiger partial charge on any atom is -0.687 e. The van der Waals surface area contributed by atoms with Crippen molar-refractivity contribution >= 4 is 249 Å². The highest BCUT2D eigenvalue weighted by Gasteiger charge is 2.37. The van der Waals surface area contributed by atoms with E-state index < -0.39 is 70.0 Å². The van der Waals surface area contributed by atoms with E-state index in [4.69, 9.17) is 124 Å². The third kappa shape index (κ3) is 23.3. The van der Waals surface area contributed by atoms with Crippen molar-refractivity contribution in [3.63, 3.8) is 0 Å². The normalized spacial score (nSPS) is 13.0. The Morgan fingerprint density at radius 3 is 1.55 bits per heavy atom. The molecule has 2 saturated heterocycles. The number of ether oxygens (including phenoxy) is 3. The Labute approximate surface area is 614 Å². The van der Waals surface area contributed by atoms with E-state index in [9.17, 15) is 21.6 Å². The van der Waals surface area contributed by atoms with Crippen LogP contribution in [0.5, 0.6) is 11.5 Å². The molecular weight excluding hydrogens is 1360 g/mol. The number of nitrogens with two attached hydrogens (primary N) is 1. The summed E-state index contributed by atoms with van der Waals surface area (Å²) in [7, 11) is 46.9. The molecule has 24 nitrogen and oxygen atoms in total. The molecule has 8 aromatic rings. The van der Waals surface area contributed by atoms with Gasteiger partial charge in [0.1, 0.15) is 27.1 Å². The van der Waals surface area contributed by atoms with Crippen LogP contribution in [-0.2, 0) is 35.9 Å². The molecule has 0 unspecified atom stereocenters. The molecule has 6 heterocycles.